The summed E-state index contributed by atoms with van der Waals surface area (Å²) in [6, 6.07) is 20.1. The van der Waals surface area contributed by atoms with Crippen LogP contribution in [0.25, 0.3) is 11.1 Å². The van der Waals surface area contributed by atoms with Crippen molar-refractivity contribution in [3.05, 3.63) is 99.8 Å². The van der Waals surface area contributed by atoms with Crippen molar-refractivity contribution in [2.75, 3.05) is 26.3 Å². The molecule has 43 heavy (non-hydrogen) atoms. The Kier molecular flexibility index (Phi) is 8.97. The summed E-state index contributed by atoms with van der Waals surface area (Å²) in [4.78, 5) is 6.60. The second kappa shape index (κ2) is 13.4. The molecule has 1 saturated heterocycles. The standard InChI is InChI=1S/C35H34ClN3O4/c1-24-28(6-5-7-30(24)27-8-9-32-35(16-27)41-13-12-40-32)23-43-34-17-33(42-22-26-14-25(18-37)19-38-20-26)29(15-31(34)36)21-39-10-3-2-4-11-39/h5-9,14-17,19-20H,2-4,10-13,21-23H2,1H3. The fourth-order valence-electron chi connectivity index (χ4n) is 5.61. The molecular weight excluding hydrogens is 562 g/mol. The fourth-order valence-corrected chi connectivity index (χ4v) is 5.85. The highest BCUT2D eigenvalue weighted by atomic mass is 35.5. The van der Waals surface area contributed by atoms with Crippen LogP contribution in [0, 0.1) is 18.3 Å². The molecule has 6 rings (SSSR count). The van der Waals surface area contributed by atoms with Gasteiger partial charge in [-0.15, -0.1) is 0 Å². The summed E-state index contributed by atoms with van der Waals surface area (Å²) in [5.41, 5.74) is 6.70. The fraction of sp³-hybridized carbons (Fsp3) is 0.314. The molecule has 0 amide bonds. The van der Waals surface area contributed by atoms with Crippen LogP contribution >= 0.6 is 11.6 Å². The van der Waals surface area contributed by atoms with E-state index < -0.39 is 0 Å². The van der Waals surface area contributed by atoms with Gasteiger partial charge in [0, 0.05) is 36.1 Å². The molecule has 0 radical (unpaired) electrons. The van der Waals surface area contributed by atoms with E-state index in [1.54, 1.807) is 18.5 Å². The minimum Gasteiger partial charge on any atom is -0.488 e. The summed E-state index contributed by atoms with van der Waals surface area (Å²) in [6.45, 7) is 6.73. The first-order chi connectivity index (χ1) is 21.1. The average Bonchev–Trinajstić information content (AvgIpc) is 3.05. The predicted molar refractivity (Wildman–Crippen MR) is 166 cm³/mol. The van der Waals surface area contributed by atoms with Crippen molar-refractivity contribution in [1.82, 2.24) is 9.88 Å². The molecule has 0 unspecified atom stereocenters. The van der Waals surface area contributed by atoms with Crippen LogP contribution in [0.2, 0.25) is 5.02 Å². The molecule has 0 bridgehead atoms. The maximum atomic E-state index is 9.26. The zero-order chi connectivity index (χ0) is 29.6. The van der Waals surface area contributed by atoms with E-state index in [-0.39, 0.29) is 6.61 Å². The van der Waals surface area contributed by atoms with E-state index in [0.29, 0.717) is 41.9 Å². The van der Waals surface area contributed by atoms with Crippen LogP contribution in [0.3, 0.4) is 0 Å². The van der Waals surface area contributed by atoms with Gasteiger partial charge in [0.05, 0.1) is 10.6 Å². The second-order valence-electron chi connectivity index (χ2n) is 10.9. The van der Waals surface area contributed by atoms with E-state index in [1.807, 2.05) is 30.3 Å². The summed E-state index contributed by atoms with van der Waals surface area (Å²) >= 11 is 6.81. The van der Waals surface area contributed by atoms with E-state index >= 15 is 0 Å². The van der Waals surface area contributed by atoms with Crippen LogP contribution in [0.5, 0.6) is 23.0 Å². The lowest BCUT2D eigenvalue weighted by Crippen LogP contribution is -2.29. The SMILES string of the molecule is Cc1c(COc2cc(OCc3cncc(C#N)c3)c(CN3CCCCC3)cc2Cl)cccc1-c1ccc2c(c1)OCCO2. The Morgan fingerprint density at radius 1 is 0.884 bits per heavy atom. The van der Waals surface area contributed by atoms with Crippen molar-refractivity contribution in [1.29, 1.82) is 5.26 Å². The molecule has 1 aromatic heterocycles. The first-order valence-corrected chi connectivity index (χ1v) is 15.1. The molecule has 220 valence electrons. The highest BCUT2D eigenvalue weighted by molar-refractivity contribution is 6.32. The number of halogens is 1. The quantitative estimate of drug-likeness (QED) is 0.198. The van der Waals surface area contributed by atoms with Crippen molar-refractivity contribution in [3.63, 3.8) is 0 Å². The maximum Gasteiger partial charge on any atom is 0.161 e. The molecular formula is C35H34ClN3O4. The third-order valence-corrected chi connectivity index (χ3v) is 8.25. The topological polar surface area (TPSA) is 76.8 Å². The van der Waals surface area contributed by atoms with Gasteiger partial charge in [0.1, 0.15) is 44.0 Å². The number of piperidine rings is 1. The van der Waals surface area contributed by atoms with Crippen LogP contribution in [-0.2, 0) is 19.8 Å². The minimum absolute atomic E-state index is 0.285. The Bertz CT molecular complexity index is 1650. The van der Waals surface area contributed by atoms with E-state index in [9.17, 15) is 5.26 Å². The third-order valence-electron chi connectivity index (χ3n) is 7.96. The number of rotatable bonds is 9. The number of likely N-dealkylation sites (tertiary alicyclic amines) is 1. The molecule has 3 heterocycles. The summed E-state index contributed by atoms with van der Waals surface area (Å²) in [6.07, 6.45) is 6.93. The number of nitrogens with zero attached hydrogens (tertiary/aromatic N) is 3. The third kappa shape index (κ3) is 6.88. The van der Waals surface area contributed by atoms with Gasteiger partial charge in [-0.1, -0.05) is 42.3 Å². The number of hydrogen-bond acceptors (Lipinski definition) is 7. The van der Waals surface area contributed by atoms with E-state index in [1.165, 1.54) is 19.3 Å². The first-order valence-electron chi connectivity index (χ1n) is 14.7. The van der Waals surface area contributed by atoms with Gasteiger partial charge in [-0.05, 0) is 79.4 Å². The van der Waals surface area contributed by atoms with Gasteiger partial charge in [-0.25, -0.2) is 0 Å². The van der Waals surface area contributed by atoms with E-state index in [0.717, 1.165) is 64.5 Å². The van der Waals surface area contributed by atoms with Gasteiger partial charge < -0.3 is 18.9 Å². The van der Waals surface area contributed by atoms with Gasteiger partial charge in [0.15, 0.2) is 11.5 Å². The van der Waals surface area contributed by atoms with Crippen molar-refractivity contribution < 1.29 is 18.9 Å². The molecule has 8 heteroatoms. The number of ether oxygens (including phenoxy) is 4. The molecule has 0 saturated carbocycles. The number of nitriles is 1. The molecule has 3 aromatic carbocycles. The Balaban J connectivity index is 1.23. The normalized spacial score (nSPS) is 14.6. The van der Waals surface area contributed by atoms with Crippen molar-refractivity contribution in [3.8, 4) is 40.2 Å². The summed E-state index contributed by atoms with van der Waals surface area (Å²) in [7, 11) is 0. The summed E-state index contributed by atoms with van der Waals surface area (Å²) < 4.78 is 24.2. The first kappa shape index (κ1) is 28.9. The second-order valence-corrected chi connectivity index (χ2v) is 11.4. The Labute approximate surface area is 257 Å². The molecule has 2 aliphatic rings. The van der Waals surface area contributed by atoms with Crippen LogP contribution in [0.1, 0.15) is 47.1 Å². The Hall–Kier alpha value is -4.25. The van der Waals surface area contributed by atoms with E-state index in [4.69, 9.17) is 30.5 Å². The molecule has 0 spiro atoms. The largest absolute Gasteiger partial charge is 0.488 e. The number of fused-ring (bicyclic) bond motifs is 1. The van der Waals surface area contributed by atoms with Gasteiger partial charge in [0.2, 0.25) is 0 Å². The minimum atomic E-state index is 0.285. The van der Waals surface area contributed by atoms with Crippen molar-refractivity contribution in [2.24, 2.45) is 0 Å². The Morgan fingerprint density at radius 2 is 1.70 bits per heavy atom. The molecule has 7 nitrogen and oxygen atoms in total. The van der Waals surface area contributed by atoms with Gasteiger partial charge in [-0.3, -0.25) is 9.88 Å². The molecule has 2 aliphatic heterocycles. The average molecular weight is 596 g/mol. The molecule has 0 N–H and O–H groups in total. The number of hydrogen-bond donors (Lipinski definition) is 0. The van der Waals surface area contributed by atoms with Crippen LogP contribution < -0.4 is 18.9 Å². The van der Waals surface area contributed by atoms with Crippen LogP contribution in [0.15, 0.2) is 67.0 Å². The molecule has 0 aliphatic carbocycles. The van der Waals surface area contributed by atoms with Crippen LogP contribution in [0.4, 0.5) is 0 Å². The zero-order valence-corrected chi connectivity index (χ0v) is 25.0. The predicted octanol–water partition coefficient (Wildman–Crippen LogP) is 7.50. The number of pyridine rings is 1. The molecule has 0 atom stereocenters. The smallest absolute Gasteiger partial charge is 0.161 e. The summed E-state index contributed by atoms with van der Waals surface area (Å²) in [5, 5.41) is 9.81. The lowest BCUT2D eigenvalue weighted by Gasteiger charge is -2.27. The lowest BCUT2D eigenvalue weighted by atomic mass is 9.96. The van der Waals surface area contributed by atoms with E-state index in [2.05, 4.69) is 41.1 Å². The van der Waals surface area contributed by atoms with Crippen molar-refractivity contribution in [2.45, 2.75) is 45.9 Å². The summed E-state index contributed by atoms with van der Waals surface area (Å²) in [5.74, 6) is 2.82. The molecule has 4 aromatic rings. The Morgan fingerprint density at radius 3 is 2.53 bits per heavy atom. The highest BCUT2D eigenvalue weighted by Gasteiger charge is 2.18. The lowest BCUT2D eigenvalue weighted by molar-refractivity contribution is 0.171. The number of benzene rings is 3. The van der Waals surface area contributed by atoms with Gasteiger partial charge >= 0.3 is 0 Å². The van der Waals surface area contributed by atoms with Crippen LogP contribution in [-0.4, -0.2) is 36.2 Å². The zero-order valence-electron chi connectivity index (χ0n) is 24.3. The molecule has 1 fully saturated rings. The maximum absolute atomic E-state index is 9.26. The highest BCUT2D eigenvalue weighted by Crippen LogP contribution is 2.38. The number of aromatic nitrogens is 1. The van der Waals surface area contributed by atoms with Gasteiger partial charge in [0.25, 0.3) is 0 Å². The monoisotopic (exact) mass is 595 g/mol. The van der Waals surface area contributed by atoms with Gasteiger partial charge in [-0.2, -0.15) is 5.26 Å². The van der Waals surface area contributed by atoms with Crippen molar-refractivity contribution >= 4 is 11.6 Å².